The average molecular weight is 408 g/mol. The van der Waals surface area contributed by atoms with Gasteiger partial charge in [-0.05, 0) is 25.0 Å². The molecule has 1 aliphatic rings. The van der Waals surface area contributed by atoms with Gasteiger partial charge in [0.2, 0.25) is 0 Å². The number of aromatic amines is 1. The molecule has 0 radical (unpaired) electrons. The molecule has 3 heterocycles. The number of carbonyl (C=O) groups is 2. The predicted molar refractivity (Wildman–Crippen MR) is 120 cm³/mol. The van der Waals surface area contributed by atoms with E-state index in [-0.39, 0.29) is 11.8 Å². The fourth-order valence-corrected chi connectivity index (χ4v) is 4.51. The number of nitriles is 1. The number of para-hydroxylation sites is 2. The summed E-state index contributed by atoms with van der Waals surface area (Å²) in [7, 11) is 1.93. The quantitative estimate of drug-likeness (QED) is 0.385. The van der Waals surface area contributed by atoms with Crippen LogP contribution in [0.5, 0.6) is 0 Å². The van der Waals surface area contributed by atoms with E-state index in [2.05, 4.69) is 16.4 Å². The van der Waals surface area contributed by atoms with Crippen molar-refractivity contribution >= 4 is 44.8 Å². The van der Waals surface area contributed by atoms with Gasteiger partial charge in [-0.2, -0.15) is 5.26 Å². The van der Waals surface area contributed by atoms with Crippen molar-refractivity contribution < 1.29 is 9.59 Å². The van der Waals surface area contributed by atoms with E-state index >= 15 is 0 Å². The highest BCUT2D eigenvalue weighted by molar-refractivity contribution is 6.51. The van der Waals surface area contributed by atoms with Gasteiger partial charge in [0.15, 0.2) is 0 Å². The van der Waals surface area contributed by atoms with Crippen molar-refractivity contribution in [3.05, 3.63) is 71.5 Å². The SMILES string of the molecule is Cn1cc(C2=C(c3c(CCCC#N)[nH]c4ccccc34)C(=O)NC2=O)c2ccccc21. The summed E-state index contributed by atoms with van der Waals surface area (Å²) in [6.07, 6.45) is 3.62. The Bertz CT molecular complexity index is 1450. The van der Waals surface area contributed by atoms with E-state index in [1.165, 1.54) is 0 Å². The van der Waals surface area contributed by atoms with Crippen LogP contribution < -0.4 is 5.32 Å². The summed E-state index contributed by atoms with van der Waals surface area (Å²) in [5, 5.41) is 13.3. The van der Waals surface area contributed by atoms with Crippen molar-refractivity contribution in [1.82, 2.24) is 14.9 Å². The van der Waals surface area contributed by atoms with Crippen molar-refractivity contribution in [3.63, 3.8) is 0 Å². The number of hydrogen-bond donors (Lipinski definition) is 2. The molecule has 0 fully saturated rings. The second-order valence-electron chi connectivity index (χ2n) is 7.74. The van der Waals surface area contributed by atoms with Crippen LogP contribution in [0.4, 0.5) is 0 Å². The number of fused-ring (bicyclic) bond motifs is 2. The lowest BCUT2D eigenvalue weighted by Crippen LogP contribution is -2.22. The van der Waals surface area contributed by atoms with Crippen LogP contribution in [0.15, 0.2) is 54.7 Å². The molecule has 152 valence electrons. The first-order chi connectivity index (χ1) is 15.1. The zero-order chi connectivity index (χ0) is 21.5. The normalized spacial score (nSPS) is 13.9. The van der Waals surface area contributed by atoms with Gasteiger partial charge < -0.3 is 9.55 Å². The van der Waals surface area contributed by atoms with Gasteiger partial charge in [-0.15, -0.1) is 0 Å². The molecule has 4 aromatic rings. The molecule has 2 N–H and O–H groups in total. The predicted octanol–water partition coefficient (Wildman–Crippen LogP) is 4.07. The van der Waals surface area contributed by atoms with Crippen LogP contribution in [0.2, 0.25) is 0 Å². The van der Waals surface area contributed by atoms with Gasteiger partial charge in [0.1, 0.15) is 0 Å². The van der Waals surface area contributed by atoms with Gasteiger partial charge in [-0.3, -0.25) is 14.9 Å². The Hall–Kier alpha value is -4.11. The Kier molecular flexibility index (Phi) is 4.45. The Morgan fingerprint density at radius 3 is 2.48 bits per heavy atom. The Balaban J connectivity index is 1.81. The highest BCUT2D eigenvalue weighted by Gasteiger charge is 2.36. The number of hydrogen-bond acceptors (Lipinski definition) is 3. The molecule has 2 aromatic carbocycles. The molecule has 1 aliphatic heterocycles. The molecular formula is C25H20N4O2. The maximum absolute atomic E-state index is 13.1. The van der Waals surface area contributed by atoms with E-state index in [0.717, 1.165) is 38.6 Å². The summed E-state index contributed by atoms with van der Waals surface area (Å²) in [5.74, 6) is -0.774. The van der Waals surface area contributed by atoms with E-state index in [0.29, 0.717) is 30.4 Å². The number of aryl methyl sites for hydroxylation is 2. The number of amides is 2. The molecule has 0 unspecified atom stereocenters. The zero-order valence-electron chi connectivity index (χ0n) is 17.0. The highest BCUT2D eigenvalue weighted by atomic mass is 16.2. The number of H-pyrrole nitrogens is 1. The molecule has 2 amide bonds. The van der Waals surface area contributed by atoms with Gasteiger partial charge in [0.05, 0.1) is 17.2 Å². The van der Waals surface area contributed by atoms with Crippen LogP contribution in [-0.4, -0.2) is 21.4 Å². The lowest BCUT2D eigenvalue weighted by atomic mass is 9.93. The zero-order valence-corrected chi connectivity index (χ0v) is 17.0. The second kappa shape index (κ2) is 7.29. The molecule has 0 atom stereocenters. The highest BCUT2D eigenvalue weighted by Crippen LogP contribution is 2.40. The maximum atomic E-state index is 13.1. The van der Waals surface area contributed by atoms with Gasteiger partial charge in [0.25, 0.3) is 11.8 Å². The summed E-state index contributed by atoms with van der Waals surface area (Å²) in [6, 6.07) is 17.8. The largest absolute Gasteiger partial charge is 0.358 e. The molecule has 0 saturated carbocycles. The first-order valence-corrected chi connectivity index (χ1v) is 10.2. The molecule has 0 bridgehead atoms. The van der Waals surface area contributed by atoms with Crippen LogP contribution in [0.25, 0.3) is 33.0 Å². The summed E-state index contributed by atoms with van der Waals surface area (Å²) in [6.45, 7) is 0. The third-order valence-corrected chi connectivity index (χ3v) is 5.85. The van der Waals surface area contributed by atoms with Crippen molar-refractivity contribution in [2.75, 3.05) is 0 Å². The first-order valence-electron chi connectivity index (χ1n) is 10.2. The van der Waals surface area contributed by atoms with Crippen molar-refractivity contribution in [2.24, 2.45) is 7.05 Å². The number of aromatic nitrogens is 2. The molecule has 5 rings (SSSR count). The second-order valence-corrected chi connectivity index (χ2v) is 7.74. The van der Waals surface area contributed by atoms with Crippen LogP contribution in [-0.2, 0) is 23.1 Å². The molecule has 2 aromatic heterocycles. The number of benzene rings is 2. The minimum atomic E-state index is -0.390. The topological polar surface area (TPSA) is 90.7 Å². The molecule has 6 heteroatoms. The van der Waals surface area contributed by atoms with E-state index in [1.54, 1.807) is 0 Å². The Morgan fingerprint density at radius 2 is 1.68 bits per heavy atom. The van der Waals surface area contributed by atoms with Crippen LogP contribution >= 0.6 is 0 Å². The van der Waals surface area contributed by atoms with Crippen molar-refractivity contribution in [3.8, 4) is 6.07 Å². The minimum absolute atomic E-state index is 0.385. The van der Waals surface area contributed by atoms with Crippen molar-refractivity contribution in [2.45, 2.75) is 19.3 Å². The molecule has 0 spiro atoms. The van der Waals surface area contributed by atoms with Crippen LogP contribution in [0.3, 0.4) is 0 Å². The monoisotopic (exact) mass is 408 g/mol. The van der Waals surface area contributed by atoms with Crippen molar-refractivity contribution in [1.29, 1.82) is 5.26 Å². The third-order valence-electron chi connectivity index (χ3n) is 5.85. The minimum Gasteiger partial charge on any atom is -0.358 e. The fraction of sp³-hybridized carbons (Fsp3) is 0.160. The fourth-order valence-electron chi connectivity index (χ4n) is 4.51. The molecule has 0 saturated heterocycles. The lowest BCUT2D eigenvalue weighted by Gasteiger charge is -2.07. The van der Waals surface area contributed by atoms with Gasteiger partial charge in [0, 0.05) is 58.3 Å². The van der Waals surface area contributed by atoms with E-state index in [1.807, 2.05) is 66.3 Å². The maximum Gasteiger partial charge on any atom is 0.259 e. The first kappa shape index (κ1) is 18.9. The molecule has 0 aliphatic carbocycles. The Labute approximate surface area is 178 Å². The van der Waals surface area contributed by atoms with Gasteiger partial charge in [-0.1, -0.05) is 36.4 Å². The molecule has 31 heavy (non-hydrogen) atoms. The van der Waals surface area contributed by atoms with Crippen LogP contribution in [0, 0.1) is 11.3 Å². The average Bonchev–Trinajstić information content (AvgIpc) is 3.39. The van der Waals surface area contributed by atoms with Gasteiger partial charge in [-0.25, -0.2) is 0 Å². The third kappa shape index (κ3) is 2.94. The standard InChI is InChI=1S/C25H20N4O2/c1-29-14-17(15-8-3-5-12-20(15)29)22-23(25(31)28-24(22)30)21-16-9-2-4-10-18(16)27-19(21)11-6-7-13-26/h2-5,8-10,12,14,27H,6-7,11H2,1H3,(H,28,30,31). The number of rotatable bonds is 5. The smallest absolute Gasteiger partial charge is 0.259 e. The summed E-state index contributed by atoms with van der Waals surface area (Å²) in [5.41, 5.74) is 5.04. The summed E-state index contributed by atoms with van der Waals surface area (Å²) in [4.78, 5) is 29.5. The number of unbranched alkanes of at least 4 members (excludes halogenated alkanes) is 1. The number of nitrogens with zero attached hydrogens (tertiary/aromatic N) is 2. The summed E-state index contributed by atoms with van der Waals surface area (Å²) < 4.78 is 1.97. The van der Waals surface area contributed by atoms with E-state index < -0.39 is 0 Å². The van der Waals surface area contributed by atoms with Gasteiger partial charge >= 0.3 is 0 Å². The number of imide groups is 1. The number of nitrogens with one attached hydrogen (secondary N) is 2. The number of carbonyl (C=O) groups excluding carboxylic acids is 2. The Morgan fingerprint density at radius 1 is 0.968 bits per heavy atom. The summed E-state index contributed by atoms with van der Waals surface area (Å²) >= 11 is 0. The molecular weight excluding hydrogens is 388 g/mol. The van der Waals surface area contributed by atoms with E-state index in [4.69, 9.17) is 5.26 Å². The lowest BCUT2D eigenvalue weighted by molar-refractivity contribution is -0.122. The van der Waals surface area contributed by atoms with Crippen LogP contribution in [0.1, 0.15) is 29.7 Å². The van der Waals surface area contributed by atoms with E-state index in [9.17, 15) is 9.59 Å². The molecule has 6 nitrogen and oxygen atoms in total.